The van der Waals surface area contributed by atoms with Crippen molar-refractivity contribution in [3.05, 3.63) is 77.4 Å². The van der Waals surface area contributed by atoms with E-state index in [1.807, 2.05) is 42.5 Å². The van der Waals surface area contributed by atoms with Crippen LogP contribution >= 0.6 is 0 Å². The molecule has 142 valence electrons. The third-order valence-corrected chi connectivity index (χ3v) is 4.35. The van der Waals surface area contributed by atoms with E-state index in [2.05, 4.69) is 32.9 Å². The van der Waals surface area contributed by atoms with Crippen LogP contribution in [0.1, 0.15) is 43.9 Å². The van der Waals surface area contributed by atoms with Crippen LogP contribution in [0.5, 0.6) is 0 Å². The second-order valence-corrected chi connectivity index (χ2v) is 7.67. The highest BCUT2D eigenvalue weighted by molar-refractivity contribution is 5.92. The summed E-state index contributed by atoms with van der Waals surface area (Å²) in [5.74, 6) is -0.553. The molecule has 0 aliphatic carbocycles. The van der Waals surface area contributed by atoms with Crippen molar-refractivity contribution in [3.63, 3.8) is 0 Å². The van der Waals surface area contributed by atoms with Crippen LogP contribution in [-0.4, -0.2) is 23.3 Å². The number of amides is 2. The third kappa shape index (κ3) is 6.74. The minimum atomic E-state index is -0.414. The quantitative estimate of drug-likeness (QED) is 0.757. The Morgan fingerprint density at radius 2 is 1.63 bits per heavy atom. The lowest BCUT2D eigenvalue weighted by Gasteiger charge is -2.21. The fourth-order valence-electron chi connectivity index (χ4n) is 2.68. The number of hydrogen-bond donors (Lipinski definition) is 1. The fourth-order valence-corrected chi connectivity index (χ4v) is 2.68. The van der Waals surface area contributed by atoms with Gasteiger partial charge >= 0.3 is 0 Å². The van der Waals surface area contributed by atoms with Gasteiger partial charge in [0.2, 0.25) is 11.8 Å². The summed E-state index contributed by atoms with van der Waals surface area (Å²) in [6.07, 6.45) is 3.50. The van der Waals surface area contributed by atoms with Crippen LogP contribution < -0.4 is 5.73 Å². The molecule has 2 aromatic rings. The molecule has 0 saturated carbocycles. The van der Waals surface area contributed by atoms with Gasteiger partial charge in [0.25, 0.3) is 0 Å². The van der Waals surface area contributed by atoms with Gasteiger partial charge in [-0.25, -0.2) is 0 Å². The van der Waals surface area contributed by atoms with Crippen LogP contribution in [0, 0.1) is 0 Å². The summed E-state index contributed by atoms with van der Waals surface area (Å²) >= 11 is 0. The second kappa shape index (κ2) is 9.17. The highest BCUT2D eigenvalue weighted by Crippen LogP contribution is 2.22. The van der Waals surface area contributed by atoms with Gasteiger partial charge in [-0.3, -0.25) is 9.59 Å². The van der Waals surface area contributed by atoms with Gasteiger partial charge in [0, 0.05) is 25.6 Å². The summed E-state index contributed by atoms with van der Waals surface area (Å²) in [6.45, 7) is 7.25. The molecular weight excluding hydrogens is 336 g/mol. The average molecular weight is 364 g/mol. The standard InChI is InChI=1S/C23H28N2O2/c1-23(2,3)20-12-9-18(10-13-20)11-14-22(27)25(16-15-21(24)26)17-19-7-5-4-6-8-19/h4-14H,15-17H2,1-3H3,(H2,24,26). The molecule has 2 amide bonds. The Kier molecular flexibility index (Phi) is 6.94. The molecule has 0 atom stereocenters. The predicted octanol–water partition coefficient (Wildman–Crippen LogP) is 3.90. The molecule has 0 heterocycles. The summed E-state index contributed by atoms with van der Waals surface area (Å²) in [4.78, 5) is 25.4. The maximum Gasteiger partial charge on any atom is 0.246 e. The van der Waals surface area contributed by atoms with Crippen molar-refractivity contribution in [1.82, 2.24) is 4.90 Å². The summed E-state index contributed by atoms with van der Waals surface area (Å²) in [5, 5.41) is 0. The third-order valence-electron chi connectivity index (χ3n) is 4.35. The van der Waals surface area contributed by atoms with E-state index in [1.165, 1.54) is 5.56 Å². The molecule has 0 unspecified atom stereocenters. The molecule has 0 bridgehead atoms. The van der Waals surface area contributed by atoms with Gasteiger partial charge in [-0.05, 0) is 28.2 Å². The van der Waals surface area contributed by atoms with Crippen molar-refractivity contribution in [2.24, 2.45) is 5.73 Å². The Hall–Kier alpha value is -2.88. The predicted molar refractivity (Wildman–Crippen MR) is 110 cm³/mol. The zero-order valence-electron chi connectivity index (χ0n) is 16.3. The first-order valence-electron chi connectivity index (χ1n) is 9.15. The van der Waals surface area contributed by atoms with E-state index >= 15 is 0 Å². The SMILES string of the molecule is CC(C)(C)c1ccc(C=CC(=O)N(CCC(N)=O)Cc2ccccc2)cc1. The Bertz CT molecular complexity index is 787. The number of benzene rings is 2. The number of hydrogen-bond acceptors (Lipinski definition) is 2. The van der Waals surface area contributed by atoms with Gasteiger partial charge < -0.3 is 10.6 Å². The molecule has 4 nitrogen and oxygen atoms in total. The number of rotatable bonds is 7. The highest BCUT2D eigenvalue weighted by atomic mass is 16.2. The molecule has 4 heteroatoms. The number of carbonyl (C=O) groups excluding carboxylic acids is 2. The molecule has 2 rings (SSSR count). The summed E-state index contributed by atoms with van der Waals surface area (Å²) in [5.41, 5.74) is 8.57. The van der Waals surface area contributed by atoms with E-state index in [0.717, 1.165) is 11.1 Å². The van der Waals surface area contributed by atoms with E-state index < -0.39 is 5.91 Å². The smallest absolute Gasteiger partial charge is 0.246 e. The Labute approximate surface area is 161 Å². The van der Waals surface area contributed by atoms with Gasteiger partial charge in [0.15, 0.2) is 0 Å². The number of nitrogens with two attached hydrogens (primary N) is 1. The normalized spacial score (nSPS) is 11.5. The highest BCUT2D eigenvalue weighted by Gasteiger charge is 2.14. The Balaban J connectivity index is 2.09. The van der Waals surface area contributed by atoms with Crippen molar-refractivity contribution in [3.8, 4) is 0 Å². The lowest BCUT2D eigenvalue weighted by atomic mass is 9.87. The van der Waals surface area contributed by atoms with E-state index in [4.69, 9.17) is 5.73 Å². The van der Waals surface area contributed by atoms with Crippen LogP contribution in [-0.2, 0) is 21.5 Å². The Morgan fingerprint density at radius 3 is 2.19 bits per heavy atom. The van der Waals surface area contributed by atoms with Gasteiger partial charge in [0.05, 0.1) is 0 Å². The topological polar surface area (TPSA) is 63.4 Å². The Morgan fingerprint density at radius 1 is 1.00 bits per heavy atom. The van der Waals surface area contributed by atoms with Crippen molar-refractivity contribution >= 4 is 17.9 Å². The van der Waals surface area contributed by atoms with Gasteiger partial charge in [-0.2, -0.15) is 0 Å². The molecule has 2 N–H and O–H groups in total. The summed E-state index contributed by atoms with van der Waals surface area (Å²) < 4.78 is 0. The monoisotopic (exact) mass is 364 g/mol. The van der Waals surface area contributed by atoms with Gasteiger partial charge in [-0.15, -0.1) is 0 Å². The lowest BCUT2D eigenvalue weighted by Crippen LogP contribution is -2.32. The maximum absolute atomic E-state index is 12.6. The largest absolute Gasteiger partial charge is 0.370 e. The zero-order chi connectivity index (χ0) is 19.9. The first-order valence-corrected chi connectivity index (χ1v) is 9.15. The second-order valence-electron chi connectivity index (χ2n) is 7.67. The molecule has 0 aliphatic rings. The summed E-state index contributed by atoms with van der Waals surface area (Å²) in [7, 11) is 0. The van der Waals surface area contributed by atoms with Crippen LogP contribution in [0.3, 0.4) is 0 Å². The van der Waals surface area contributed by atoms with E-state index in [1.54, 1.807) is 17.1 Å². The van der Waals surface area contributed by atoms with Crippen molar-refractivity contribution in [2.45, 2.75) is 39.2 Å². The molecule has 2 aromatic carbocycles. The zero-order valence-corrected chi connectivity index (χ0v) is 16.3. The van der Waals surface area contributed by atoms with Gasteiger partial charge in [0.1, 0.15) is 0 Å². The summed E-state index contributed by atoms with van der Waals surface area (Å²) in [6, 6.07) is 17.9. The van der Waals surface area contributed by atoms with Crippen molar-refractivity contribution < 1.29 is 9.59 Å². The fraction of sp³-hybridized carbons (Fsp3) is 0.304. The minimum absolute atomic E-state index is 0.0965. The molecule has 27 heavy (non-hydrogen) atoms. The molecule has 0 radical (unpaired) electrons. The molecule has 0 saturated heterocycles. The lowest BCUT2D eigenvalue weighted by molar-refractivity contribution is -0.127. The average Bonchev–Trinajstić information content (AvgIpc) is 2.63. The van der Waals surface area contributed by atoms with Gasteiger partial charge in [-0.1, -0.05) is 75.4 Å². The molecular formula is C23H28N2O2. The van der Waals surface area contributed by atoms with Crippen LogP contribution in [0.25, 0.3) is 6.08 Å². The van der Waals surface area contributed by atoms with Crippen molar-refractivity contribution in [1.29, 1.82) is 0 Å². The van der Waals surface area contributed by atoms with Crippen LogP contribution in [0.15, 0.2) is 60.7 Å². The molecule has 0 aromatic heterocycles. The molecule has 0 spiro atoms. The van der Waals surface area contributed by atoms with E-state index in [9.17, 15) is 9.59 Å². The number of carbonyl (C=O) groups is 2. The van der Waals surface area contributed by atoms with E-state index in [-0.39, 0.29) is 17.7 Å². The van der Waals surface area contributed by atoms with Crippen molar-refractivity contribution in [2.75, 3.05) is 6.54 Å². The van der Waals surface area contributed by atoms with Crippen LogP contribution in [0.2, 0.25) is 0 Å². The first-order chi connectivity index (χ1) is 12.8. The number of nitrogens with zero attached hydrogens (tertiary/aromatic N) is 1. The van der Waals surface area contributed by atoms with E-state index in [0.29, 0.717) is 13.1 Å². The molecule has 0 aliphatic heterocycles. The first kappa shape index (κ1) is 20.4. The minimum Gasteiger partial charge on any atom is -0.370 e. The van der Waals surface area contributed by atoms with Crippen LogP contribution in [0.4, 0.5) is 0 Å². The maximum atomic E-state index is 12.6. The molecule has 0 fully saturated rings. The number of primary amides is 1.